The number of hydrogen-bond donors (Lipinski definition) is 1. The Morgan fingerprint density at radius 1 is 1.24 bits per heavy atom. The summed E-state index contributed by atoms with van der Waals surface area (Å²) in [6, 6.07) is 11.0. The molecule has 2 fully saturated rings. The van der Waals surface area contributed by atoms with Crippen LogP contribution in [0.5, 0.6) is 5.75 Å². The second-order valence-electron chi connectivity index (χ2n) is 7.62. The lowest BCUT2D eigenvalue weighted by Gasteiger charge is -2.36. The van der Waals surface area contributed by atoms with Gasteiger partial charge in [0.15, 0.2) is 0 Å². The van der Waals surface area contributed by atoms with Crippen molar-refractivity contribution in [2.75, 3.05) is 12.9 Å². The van der Waals surface area contributed by atoms with Crippen molar-refractivity contribution in [1.29, 1.82) is 0 Å². The van der Waals surface area contributed by atoms with Crippen molar-refractivity contribution in [3.8, 4) is 17.0 Å². The molecule has 4 atom stereocenters. The number of fused-ring (bicyclic) bond motifs is 2. The molecule has 2 aromatic rings. The van der Waals surface area contributed by atoms with Crippen LogP contribution in [0.15, 0.2) is 42.6 Å². The largest absolute Gasteiger partial charge is 0.493 e. The first-order valence-corrected chi connectivity index (χ1v) is 11.5. The number of rotatable bonds is 6. The van der Waals surface area contributed by atoms with Crippen molar-refractivity contribution < 1.29 is 17.9 Å². The number of sulfonamides is 1. The Morgan fingerprint density at radius 2 is 2.03 bits per heavy atom. The number of pyridine rings is 1. The number of ether oxygens (including phenoxy) is 2. The van der Waals surface area contributed by atoms with E-state index in [9.17, 15) is 8.42 Å². The maximum absolute atomic E-state index is 11.8. The molecule has 0 radical (unpaired) electrons. The molecule has 1 aromatic carbocycles. The van der Waals surface area contributed by atoms with E-state index in [4.69, 9.17) is 16.0 Å². The van der Waals surface area contributed by atoms with Crippen LogP contribution in [-0.2, 0) is 14.8 Å². The molecule has 1 aromatic heterocycles. The first kappa shape index (κ1) is 19.8. The first-order valence-electron chi connectivity index (χ1n) is 9.61. The zero-order chi connectivity index (χ0) is 20.4. The quantitative estimate of drug-likeness (QED) is 0.736. The van der Waals surface area contributed by atoms with Crippen LogP contribution in [-0.4, -0.2) is 44.5 Å². The molecule has 1 N–H and O–H groups in total. The Hall–Kier alpha value is -2.47. The molecule has 29 heavy (non-hydrogen) atoms. The zero-order valence-electron chi connectivity index (χ0n) is 16.1. The average Bonchev–Trinajstić information content (AvgIpc) is 3.09. The summed E-state index contributed by atoms with van der Waals surface area (Å²) in [4.78, 5) is 7.65. The van der Waals surface area contributed by atoms with Gasteiger partial charge in [-0.25, -0.2) is 18.0 Å². The Bertz CT molecular complexity index is 1000. The zero-order valence-corrected chi connectivity index (χ0v) is 16.9. The maximum atomic E-state index is 11.8. The second kappa shape index (κ2) is 8.11. The normalized spacial score (nSPS) is 26.1. The smallest absolute Gasteiger partial charge is 0.208 e. The fraction of sp³-hybridized carbons (Fsp3) is 0.429. The molecule has 7 nitrogen and oxygen atoms in total. The summed E-state index contributed by atoms with van der Waals surface area (Å²) in [5.74, 6) is 0.690. The minimum absolute atomic E-state index is 0.0222. The van der Waals surface area contributed by atoms with Gasteiger partial charge in [0.1, 0.15) is 5.75 Å². The van der Waals surface area contributed by atoms with E-state index in [-0.39, 0.29) is 24.2 Å². The molecule has 4 rings (SSSR count). The van der Waals surface area contributed by atoms with Crippen molar-refractivity contribution in [3.63, 3.8) is 0 Å². The van der Waals surface area contributed by atoms with Gasteiger partial charge in [-0.3, -0.25) is 4.98 Å². The minimum Gasteiger partial charge on any atom is -0.493 e. The Balaban J connectivity index is 1.42. The van der Waals surface area contributed by atoms with Crippen LogP contribution in [0.1, 0.15) is 19.3 Å². The summed E-state index contributed by atoms with van der Waals surface area (Å²) in [5.41, 5.74) is 2.24. The molecule has 2 aliphatic heterocycles. The van der Waals surface area contributed by atoms with Crippen LogP contribution in [0.25, 0.3) is 16.1 Å². The van der Waals surface area contributed by atoms with Gasteiger partial charge >= 0.3 is 0 Å². The van der Waals surface area contributed by atoms with Crippen LogP contribution in [0, 0.1) is 12.5 Å². The van der Waals surface area contributed by atoms with E-state index in [0.717, 1.165) is 24.1 Å². The number of aromatic nitrogens is 1. The number of nitrogens with one attached hydrogen (secondary N) is 1. The molecule has 8 heteroatoms. The fourth-order valence-corrected chi connectivity index (χ4v) is 4.93. The summed E-state index contributed by atoms with van der Waals surface area (Å²) in [6.07, 6.45) is 5.50. The standard InChI is InChI=1S/C21H23N3O4S/c1-22-15-5-9-19(23-12-15)14-3-6-16(7-4-14)27-13-18-20(24-29(2,25)26)11-17-8-10-21(18)28-17/h3-7,9,12,17-18,20-21,24H,8,10-11,13H2,2H3/t17-,18-,20+,21+/m1/s1. The van der Waals surface area contributed by atoms with Gasteiger partial charge < -0.3 is 9.47 Å². The molecule has 0 spiro atoms. The topological polar surface area (TPSA) is 81.9 Å². The van der Waals surface area contributed by atoms with Crippen molar-refractivity contribution in [1.82, 2.24) is 9.71 Å². The second-order valence-corrected chi connectivity index (χ2v) is 9.40. The molecule has 152 valence electrons. The lowest BCUT2D eigenvalue weighted by Crippen LogP contribution is -2.50. The molecule has 0 saturated carbocycles. The highest BCUT2D eigenvalue weighted by Crippen LogP contribution is 2.37. The molecule has 0 amide bonds. The first-order chi connectivity index (χ1) is 13.9. The van der Waals surface area contributed by atoms with Crippen LogP contribution in [0.3, 0.4) is 0 Å². The Kier molecular flexibility index (Phi) is 5.54. The molecular weight excluding hydrogens is 390 g/mol. The van der Waals surface area contributed by atoms with Crippen molar-refractivity contribution in [2.24, 2.45) is 5.92 Å². The van der Waals surface area contributed by atoms with E-state index in [2.05, 4.69) is 14.6 Å². The molecule has 0 unspecified atom stereocenters. The molecule has 0 aliphatic carbocycles. The molecule has 3 heterocycles. The highest BCUT2D eigenvalue weighted by atomic mass is 32.2. The third-order valence-corrected chi connectivity index (χ3v) is 6.22. The van der Waals surface area contributed by atoms with Gasteiger partial charge in [-0.05, 0) is 49.6 Å². The lowest BCUT2D eigenvalue weighted by molar-refractivity contribution is -0.0569. The molecule has 2 saturated heterocycles. The van der Waals surface area contributed by atoms with Crippen LogP contribution in [0.2, 0.25) is 0 Å². The van der Waals surface area contributed by atoms with E-state index in [0.29, 0.717) is 24.5 Å². The molecular formula is C21H23N3O4S. The predicted octanol–water partition coefficient (Wildman–Crippen LogP) is 3.16. The van der Waals surface area contributed by atoms with Crippen LogP contribution >= 0.6 is 0 Å². The maximum Gasteiger partial charge on any atom is 0.208 e. The third-order valence-electron chi connectivity index (χ3n) is 5.49. The van der Waals surface area contributed by atoms with E-state index in [1.165, 1.54) is 6.26 Å². The van der Waals surface area contributed by atoms with Crippen LogP contribution < -0.4 is 9.46 Å². The van der Waals surface area contributed by atoms with E-state index < -0.39 is 10.0 Å². The van der Waals surface area contributed by atoms with Gasteiger partial charge in [-0.2, -0.15) is 0 Å². The van der Waals surface area contributed by atoms with Crippen molar-refractivity contribution in [3.05, 3.63) is 54.0 Å². The van der Waals surface area contributed by atoms with Crippen molar-refractivity contribution in [2.45, 2.75) is 37.5 Å². The average molecular weight is 413 g/mol. The fourth-order valence-electron chi connectivity index (χ4n) is 4.11. The summed E-state index contributed by atoms with van der Waals surface area (Å²) in [5, 5.41) is 0. The molecule has 2 aliphatic rings. The Labute approximate surface area is 170 Å². The van der Waals surface area contributed by atoms with E-state index in [1.807, 2.05) is 30.3 Å². The summed E-state index contributed by atoms with van der Waals surface area (Å²) >= 11 is 0. The minimum atomic E-state index is -3.29. The Morgan fingerprint density at radius 3 is 2.69 bits per heavy atom. The highest BCUT2D eigenvalue weighted by molar-refractivity contribution is 7.88. The van der Waals surface area contributed by atoms with Crippen LogP contribution in [0.4, 0.5) is 5.69 Å². The lowest BCUT2D eigenvalue weighted by atomic mass is 9.91. The van der Waals surface area contributed by atoms with Gasteiger partial charge in [-0.1, -0.05) is 6.07 Å². The van der Waals surface area contributed by atoms with E-state index in [1.54, 1.807) is 12.3 Å². The van der Waals surface area contributed by atoms with Gasteiger partial charge in [0.2, 0.25) is 15.7 Å². The third kappa shape index (κ3) is 4.75. The summed E-state index contributed by atoms with van der Waals surface area (Å²) in [6.45, 7) is 7.38. The SMILES string of the molecule is [C-]#[N+]c1ccc(-c2ccc(OC[C@@H]3[C@@H](NS(C)(=O)=O)C[C@H]4CC[C@@H]3O4)cc2)nc1. The van der Waals surface area contributed by atoms with Crippen molar-refractivity contribution >= 4 is 15.7 Å². The van der Waals surface area contributed by atoms with Gasteiger partial charge in [0.25, 0.3) is 0 Å². The predicted molar refractivity (Wildman–Crippen MR) is 109 cm³/mol. The van der Waals surface area contributed by atoms with Gasteiger partial charge in [0.05, 0.1) is 37.3 Å². The number of hydrogen-bond acceptors (Lipinski definition) is 5. The summed E-state index contributed by atoms with van der Waals surface area (Å²) in [7, 11) is -3.29. The number of benzene rings is 1. The van der Waals surface area contributed by atoms with Gasteiger partial charge in [-0.15, -0.1) is 0 Å². The highest BCUT2D eigenvalue weighted by Gasteiger charge is 2.44. The van der Waals surface area contributed by atoms with Gasteiger partial charge in [0, 0.05) is 23.7 Å². The molecule has 2 bridgehead atoms. The monoisotopic (exact) mass is 413 g/mol. The number of nitrogens with zero attached hydrogens (tertiary/aromatic N) is 2. The summed E-state index contributed by atoms with van der Waals surface area (Å²) < 4.78 is 38.3. The van der Waals surface area contributed by atoms with E-state index >= 15 is 0 Å².